The molecule has 0 aromatic heterocycles. The van der Waals surface area contributed by atoms with Crippen LogP contribution in [-0.4, -0.2) is 17.9 Å². The number of aryl methyl sites for hydroxylation is 2. The number of para-hydroxylation sites is 1. The van der Waals surface area contributed by atoms with Crippen LogP contribution in [0.3, 0.4) is 0 Å². The third-order valence-corrected chi connectivity index (χ3v) is 4.61. The zero-order valence-corrected chi connectivity index (χ0v) is 15.4. The van der Waals surface area contributed by atoms with Crippen LogP contribution in [0.15, 0.2) is 42.5 Å². The van der Waals surface area contributed by atoms with Crippen molar-refractivity contribution in [1.82, 2.24) is 0 Å². The Balaban J connectivity index is 1.57. The molecule has 1 aliphatic carbocycles. The molecule has 2 aromatic rings. The number of hydrogen-bond donors (Lipinski definition) is 3. The summed E-state index contributed by atoms with van der Waals surface area (Å²) in [5.74, 6) is 0.182. The predicted molar refractivity (Wildman–Crippen MR) is 105 cm³/mol. The smallest absolute Gasteiger partial charge is 0.246 e. The first-order valence-corrected chi connectivity index (χ1v) is 8.98. The van der Waals surface area contributed by atoms with Gasteiger partial charge in [-0.2, -0.15) is 0 Å². The van der Waals surface area contributed by atoms with E-state index in [2.05, 4.69) is 16.0 Å². The summed E-state index contributed by atoms with van der Waals surface area (Å²) in [7, 11) is 0. The summed E-state index contributed by atoms with van der Waals surface area (Å²) in [6, 6.07) is 13.0. The normalized spacial score (nSPS) is 14.4. The Labute approximate surface area is 154 Å². The fourth-order valence-electron chi connectivity index (χ4n) is 2.80. The van der Waals surface area contributed by atoms with Gasteiger partial charge in [0.1, 0.15) is 6.04 Å². The molecule has 0 aliphatic heterocycles. The largest absolute Gasteiger partial charge is 0.374 e. The summed E-state index contributed by atoms with van der Waals surface area (Å²) < 4.78 is 0. The molecule has 0 saturated heterocycles. The van der Waals surface area contributed by atoms with Gasteiger partial charge in [0.05, 0.1) is 0 Å². The van der Waals surface area contributed by atoms with E-state index in [4.69, 9.17) is 0 Å². The lowest BCUT2D eigenvalue weighted by molar-refractivity contribution is -0.117. The summed E-state index contributed by atoms with van der Waals surface area (Å²) in [5, 5.41) is 9.09. The van der Waals surface area contributed by atoms with Crippen molar-refractivity contribution in [2.75, 3.05) is 16.0 Å². The Kier molecular flexibility index (Phi) is 5.26. The maximum absolute atomic E-state index is 12.5. The molecule has 2 amide bonds. The van der Waals surface area contributed by atoms with Gasteiger partial charge in [-0.25, -0.2) is 0 Å². The second kappa shape index (κ2) is 7.60. The number of rotatable bonds is 6. The third kappa shape index (κ3) is 4.42. The molecule has 5 nitrogen and oxygen atoms in total. The van der Waals surface area contributed by atoms with Gasteiger partial charge in [-0.1, -0.05) is 18.2 Å². The molecule has 5 heteroatoms. The number of amides is 2. The van der Waals surface area contributed by atoms with E-state index in [9.17, 15) is 9.59 Å². The van der Waals surface area contributed by atoms with Gasteiger partial charge in [0, 0.05) is 23.0 Å². The van der Waals surface area contributed by atoms with Crippen molar-refractivity contribution < 1.29 is 9.59 Å². The average molecular weight is 351 g/mol. The second-order valence-corrected chi connectivity index (χ2v) is 6.96. The van der Waals surface area contributed by atoms with Gasteiger partial charge < -0.3 is 16.0 Å². The Morgan fingerprint density at radius 3 is 2.08 bits per heavy atom. The Hall–Kier alpha value is -2.82. The number of carbonyl (C=O) groups is 2. The van der Waals surface area contributed by atoms with E-state index < -0.39 is 0 Å². The molecule has 26 heavy (non-hydrogen) atoms. The van der Waals surface area contributed by atoms with Crippen LogP contribution < -0.4 is 16.0 Å². The predicted octanol–water partition coefficient (Wildman–Crippen LogP) is 4.09. The molecular weight excluding hydrogens is 326 g/mol. The Morgan fingerprint density at radius 1 is 0.923 bits per heavy atom. The average Bonchev–Trinajstić information content (AvgIpc) is 3.45. The summed E-state index contributed by atoms with van der Waals surface area (Å²) in [4.78, 5) is 24.3. The van der Waals surface area contributed by atoms with Crippen LogP contribution in [0.25, 0.3) is 0 Å². The summed E-state index contributed by atoms with van der Waals surface area (Å²) in [6.07, 6.45) is 1.97. The van der Waals surface area contributed by atoms with Gasteiger partial charge in [-0.3, -0.25) is 9.59 Å². The van der Waals surface area contributed by atoms with Crippen molar-refractivity contribution in [1.29, 1.82) is 0 Å². The van der Waals surface area contributed by atoms with Crippen molar-refractivity contribution in [3.05, 3.63) is 53.6 Å². The van der Waals surface area contributed by atoms with Gasteiger partial charge in [0.15, 0.2) is 0 Å². The quantitative estimate of drug-likeness (QED) is 0.734. The summed E-state index contributed by atoms with van der Waals surface area (Å²) >= 11 is 0. The molecule has 1 atom stereocenters. The molecule has 136 valence electrons. The van der Waals surface area contributed by atoms with Gasteiger partial charge in [0.25, 0.3) is 0 Å². The maximum atomic E-state index is 12.5. The van der Waals surface area contributed by atoms with Gasteiger partial charge in [-0.15, -0.1) is 0 Å². The standard InChI is InChI=1S/C21H25N3O2/c1-13-5-4-6-14(2)19(13)24-20(25)15(3)22-17-9-11-18(12-10-17)23-21(26)16-7-8-16/h4-6,9-12,15-16,22H,7-8H2,1-3H3,(H,23,26)(H,24,25). The SMILES string of the molecule is Cc1cccc(C)c1NC(=O)C(C)Nc1ccc(NC(=O)C2CC2)cc1. The maximum Gasteiger partial charge on any atom is 0.246 e. The van der Waals surface area contributed by atoms with Gasteiger partial charge >= 0.3 is 0 Å². The lowest BCUT2D eigenvalue weighted by Gasteiger charge is -2.18. The van der Waals surface area contributed by atoms with E-state index in [1.165, 1.54) is 0 Å². The number of hydrogen-bond acceptors (Lipinski definition) is 3. The first-order chi connectivity index (χ1) is 12.4. The van der Waals surface area contributed by atoms with Crippen molar-refractivity contribution in [3.8, 4) is 0 Å². The van der Waals surface area contributed by atoms with Crippen LogP contribution in [-0.2, 0) is 9.59 Å². The monoisotopic (exact) mass is 351 g/mol. The highest BCUT2D eigenvalue weighted by Gasteiger charge is 2.29. The highest BCUT2D eigenvalue weighted by Crippen LogP contribution is 2.30. The fraction of sp³-hybridized carbons (Fsp3) is 0.333. The van der Waals surface area contributed by atoms with Crippen LogP contribution >= 0.6 is 0 Å². The minimum atomic E-state index is -0.388. The van der Waals surface area contributed by atoms with Crippen LogP contribution in [0.5, 0.6) is 0 Å². The van der Waals surface area contributed by atoms with Crippen molar-refractivity contribution in [2.45, 2.75) is 39.7 Å². The van der Waals surface area contributed by atoms with E-state index in [1.807, 2.05) is 63.2 Å². The van der Waals surface area contributed by atoms with Gasteiger partial charge in [-0.05, 0) is 69.0 Å². The van der Waals surface area contributed by atoms with E-state index >= 15 is 0 Å². The molecule has 0 radical (unpaired) electrons. The third-order valence-electron chi connectivity index (χ3n) is 4.61. The lowest BCUT2D eigenvalue weighted by atomic mass is 10.1. The minimum Gasteiger partial charge on any atom is -0.374 e. The Bertz CT molecular complexity index is 790. The first-order valence-electron chi connectivity index (χ1n) is 8.98. The summed E-state index contributed by atoms with van der Waals surface area (Å²) in [5.41, 5.74) is 4.56. The molecule has 0 bridgehead atoms. The Morgan fingerprint density at radius 2 is 1.50 bits per heavy atom. The van der Waals surface area contributed by atoms with Crippen LogP contribution in [0.4, 0.5) is 17.1 Å². The molecule has 1 unspecified atom stereocenters. The molecule has 3 rings (SSSR count). The van der Waals surface area contributed by atoms with Crippen molar-refractivity contribution in [3.63, 3.8) is 0 Å². The topological polar surface area (TPSA) is 70.2 Å². The van der Waals surface area contributed by atoms with Gasteiger partial charge in [0.2, 0.25) is 11.8 Å². The number of benzene rings is 2. The molecule has 3 N–H and O–H groups in total. The summed E-state index contributed by atoms with van der Waals surface area (Å²) in [6.45, 7) is 5.79. The number of nitrogens with one attached hydrogen (secondary N) is 3. The molecule has 0 heterocycles. The van der Waals surface area contributed by atoms with Crippen LogP contribution in [0.2, 0.25) is 0 Å². The van der Waals surface area contributed by atoms with E-state index in [0.29, 0.717) is 0 Å². The van der Waals surface area contributed by atoms with E-state index in [-0.39, 0.29) is 23.8 Å². The fourth-order valence-corrected chi connectivity index (χ4v) is 2.80. The zero-order chi connectivity index (χ0) is 18.7. The molecular formula is C21H25N3O2. The number of carbonyl (C=O) groups excluding carboxylic acids is 2. The molecule has 2 aromatic carbocycles. The van der Waals surface area contributed by atoms with Crippen LogP contribution in [0.1, 0.15) is 30.9 Å². The molecule has 1 aliphatic rings. The first kappa shape index (κ1) is 18.0. The second-order valence-electron chi connectivity index (χ2n) is 6.96. The molecule has 1 saturated carbocycles. The molecule has 0 spiro atoms. The van der Waals surface area contributed by atoms with Crippen molar-refractivity contribution in [2.24, 2.45) is 5.92 Å². The zero-order valence-electron chi connectivity index (χ0n) is 15.4. The minimum absolute atomic E-state index is 0.0893. The lowest BCUT2D eigenvalue weighted by Crippen LogP contribution is -2.32. The van der Waals surface area contributed by atoms with E-state index in [1.54, 1.807) is 0 Å². The highest BCUT2D eigenvalue weighted by molar-refractivity contribution is 5.97. The molecule has 1 fully saturated rings. The highest BCUT2D eigenvalue weighted by atomic mass is 16.2. The van der Waals surface area contributed by atoms with E-state index in [0.717, 1.165) is 41.0 Å². The van der Waals surface area contributed by atoms with Crippen molar-refractivity contribution >= 4 is 28.9 Å². The van der Waals surface area contributed by atoms with Crippen LogP contribution in [0, 0.1) is 19.8 Å². The number of anilines is 3.